The molecule has 0 unspecified atom stereocenters. The second-order valence-electron chi connectivity index (χ2n) is 4.24. The van der Waals surface area contributed by atoms with Gasteiger partial charge in [0.2, 0.25) is 0 Å². The summed E-state index contributed by atoms with van der Waals surface area (Å²) in [6, 6.07) is 8.48. The molecular weight excluding hydrogens is 198 g/mol. The Morgan fingerprint density at radius 3 is 2.69 bits per heavy atom. The van der Waals surface area contributed by atoms with E-state index in [9.17, 15) is 0 Å². The van der Waals surface area contributed by atoms with Crippen LogP contribution in [0.4, 0.5) is 0 Å². The van der Waals surface area contributed by atoms with E-state index in [2.05, 4.69) is 32.0 Å². The monoisotopic (exact) mass is 217 g/mol. The third-order valence-corrected chi connectivity index (χ3v) is 2.67. The summed E-state index contributed by atoms with van der Waals surface area (Å²) in [6.45, 7) is 4.33. The Kier molecular flexibility index (Phi) is 4.85. The molecule has 0 radical (unpaired) electrons. The van der Waals surface area contributed by atoms with E-state index in [4.69, 9.17) is 10.00 Å². The lowest BCUT2D eigenvalue weighted by Gasteiger charge is -2.13. The number of nitriles is 1. The summed E-state index contributed by atoms with van der Waals surface area (Å²) in [7, 11) is 1.70. The van der Waals surface area contributed by atoms with Gasteiger partial charge in [-0.25, -0.2) is 0 Å². The molecule has 0 atom stereocenters. The molecule has 0 N–H and O–H groups in total. The molecule has 16 heavy (non-hydrogen) atoms. The number of hydrogen-bond acceptors (Lipinski definition) is 2. The van der Waals surface area contributed by atoms with Gasteiger partial charge in [-0.15, -0.1) is 0 Å². The van der Waals surface area contributed by atoms with Crippen LogP contribution in [0.25, 0.3) is 0 Å². The smallest absolute Gasteiger partial charge is 0.122 e. The first kappa shape index (κ1) is 12.6. The van der Waals surface area contributed by atoms with Gasteiger partial charge in [0.15, 0.2) is 0 Å². The molecule has 1 rings (SSSR count). The number of rotatable bonds is 5. The number of ether oxygens (including phenoxy) is 1. The summed E-state index contributed by atoms with van der Waals surface area (Å²) < 4.78 is 5.33. The molecule has 0 fully saturated rings. The third kappa shape index (κ3) is 3.27. The lowest BCUT2D eigenvalue weighted by atomic mass is 9.97. The number of nitrogens with zero attached hydrogens (tertiary/aromatic N) is 1. The molecule has 0 aliphatic heterocycles. The van der Waals surface area contributed by atoms with E-state index in [1.165, 1.54) is 11.1 Å². The van der Waals surface area contributed by atoms with Crippen molar-refractivity contribution in [2.24, 2.45) is 0 Å². The summed E-state index contributed by atoms with van der Waals surface area (Å²) in [5.74, 6) is 1.42. The molecule has 2 nitrogen and oxygen atoms in total. The van der Waals surface area contributed by atoms with Crippen molar-refractivity contribution in [3.8, 4) is 11.8 Å². The molecule has 2 heteroatoms. The van der Waals surface area contributed by atoms with Gasteiger partial charge < -0.3 is 4.74 Å². The van der Waals surface area contributed by atoms with Crippen LogP contribution in [-0.2, 0) is 6.42 Å². The summed E-state index contributed by atoms with van der Waals surface area (Å²) in [6.07, 6.45) is 2.53. The second-order valence-corrected chi connectivity index (χ2v) is 4.24. The number of benzene rings is 1. The number of unbranched alkanes of at least 4 members (excludes halogenated alkanes) is 1. The average Bonchev–Trinajstić information content (AvgIpc) is 2.29. The van der Waals surface area contributed by atoms with E-state index in [-0.39, 0.29) is 0 Å². The highest BCUT2D eigenvalue weighted by Crippen LogP contribution is 2.27. The summed E-state index contributed by atoms with van der Waals surface area (Å²) >= 11 is 0. The van der Waals surface area contributed by atoms with E-state index >= 15 is 0 Å². The van der Waals surface area contributed by atoms with Gasteiger partial charge in [0.1, 0.15) is 5.75 Å². The quantitative estimate of drug-likeness (QED) is 0.705. The van der Waals surface area contributed by atoms with Crippen molar-refractivity contribution in [3.05, 3.63) is 29.3 Å². The number of hydrogen-bond donors (Lipinski definition) is 0. The fourth-order valence-electron chi connectivity index (χ4n) is 1.76. The van der Waals surface area contributed by atoms with Gasteiger partial charge >= 0.3 is 0 Å². The maximum Gasteiger partial charge on any atom is 0.122 e. The lowest BCUT2D eigenvalue weighted by molar-refractivity contribution is 0.407. The van der Waals surface area contributed by atoms with Crippen molar-refractivity contribution < 1.29 is 4.74 Å². The zero-order chi connectivity index (χ0) is 12.0. The first-order chi connectivity index (χ1) is 7.69. The first-order valence-corrected chi connectivity index (χ1v) is 5.72. The maximum atomic E-state index is 8.50. The molecule has 0 bridgehead atoms. The Morgan fingerprint density at radius 1 is 1.38 bits per heavy atom. The Bertz CT molecular complexity index is 377. The molecule has 0 aliphatic carbocycles. The minimum absolute atomic E-state index is 0.464. The van der Waals surface area contributed by atoms with Crippen LogP contribution in [0.1, 0.15) is 43.7 Å². The molecule has 0 aliphatic rings. The van der Waals surface area contributed by atoms with Crippen molar-refractivity contribution in [3.63, 3.8) is 0 Å². The van der Waals surface area contributed by atoms with Crippen LogP contribution in [0.2, 0.25) is 0 Å². The number of aryl methyl sites for hydroxylation is 1. The van der Waals surface area contributed by atoms with Crippen LogP contribution in [0.3, 0.4) is 0 Å². The largest absolute Gasteiger partial charge is 0.496 e. The average molecular weight is 217 g/mol. The maximum absolute atomic E-state index is 8.50. The topological polar surface area (TPSA) is 33.0 Å². The predicted octanol–water partition coefficient (Wildman–Crippen LogP) is 3.66. The van der Waals surface area contributed by atoms with Crippen molar-refractivity contribution >= 4 is 0 Å². The van der Waals surface area contributed by atoms with Crippen LogP contribution in [0.5, 0.6) is 5.75 Å². The van der Waals surface area contributed by atoms with E-state index < -0.39 is 0 Å². The standard InChI is InChI=1S/C14H19NO/c1-11(2)13-10-12(6-4-5-9-15)7-8-14(13)16-3/h7-8,10-11H,4-6H2,1-3H3. The Morgan fingerprint density at radius 2 is 2.12 bits per heavy atom. The van der Waals surface area contributed by atoms with Crippen LogP contribution in [0, 0.1) is 11.3 Å². The molecule has 0 aromatic heterocycles. The van der Waals surface area contributed by atoms with Crippen LogP contribution in [0.15, 0.2) is 18.2 Å². The zero-order valence-electron chi connectivity index (χ0n) is 10.3. The van der Waals surface area contributed by atoms with E-state index in [0.717, 1.165) is 18.6 Å². The normalized spacial score (nSPS) is 10.2. The lowest BCUT2D eigenvalue weighted by Crippen LogP contribution is -1.96. The highest BCUT2D eigenvalue weighted by Gasteiger charge is 2.07. The molecular formula is C14H19NO. The summed E-state index contributed by atoms with van der Waals surface area (Å²) in [5, 5.41) is 8.50. The molecule has 0 spiro atoms. The third-order valence-electron chi connectivity index (χ3n) is 2.67. The van der Waals surface area contributed by atoms with Crippen molar-refractivity contribution in [2.75, 3.05) is 7.11 Å². The van der Waals surface area contributed by atoms with E-state index in [1.54, 1.807) is 7.11 Å². The Balaban J connectivity index is 2.81. The SMILES string of the molecule is COc1ccc(CCCC#N)cc1C(C)C. The predicted molar refractivity (Wildman–Crippen MR) is 65.6 cm³/mol. The fourth-order valence-corrected chi connectivity index (χ4v) is 1.76. The molecule has 0 saturated heterocycles. The number of methoxy groups -OCH3 is 1. The van der Waals surface area contributed by atoms with Crippen molar-refractivity contribution in [1.82, 2.24) is 0 Å². The van der Waals surface area contributed by atoms with Crippen LogP contribution >= 0.6 is 0 Å². The molecule has 1 aromatic carbocycles. The minimum atomic E-state index is 0.464. The fraction of sp³-hybridized carbons (Fsp3) is 0.500. The van der Waals surface area contributed by atoms with Crippen LogP contribution in [-0.4, -0.2) is 7.11 Å². The van der Waals surface area contributed by atoms with E-state index in [0.29, 0.717) is 12.3 Å². The van der Waals surface area contributed by atoms with Gasteiger partial charge in [0.05, 0.1) is 13.2 Å². The first-order valence-electron chi connectivity index (χ1n) is 5.72. The van der Waals surface area contributed by atoms with Crippen molar-refractivity contribution in [2.45, 2.75) is 39.0 Å². The van der Waals surface area contributed by atoms with Gasteiger partial charge in [-0.05, 0) is 36.0 Å². The molecule has 0 saturated carbocycles. The summed E-state index contributed by atoms with van der Waals surface area (Å²) in [4.78, 5) is 0. The van der Waals surface area contributed by atoms with Gasteiger partial charge in [-0.3, -0.25) is 0 Å². The summed E-state index contributed by atoms with van der Waals surface area (Å²) in [5.41, 5.74) is 2.54. The molecule has 86 valence electrons. The van der Waals surface area contributed by atoms with E-state index in [1.807, 2.05) is 6.07 Å². The zero-order valence-corrected chi connectivity index (χ0v) is 10.3. The van der Waals surface area contributed by atoms with Crippen LogP contribution < -0.4 is 4.74 Å². The Labute approximate surface area is 97.9 Å². The van der Waals surface area contributed by atoms with Gasteiger partial charge in [0, 0.05) is 6.42 Å². The van der Waals surface area contributed by atoms with Gasteiger partial charge in [0.25, 0.3) is 0 Å². The highest BCUT2D eigenvalue weighted by molar-refractivity contribution is 5.39. The molecule has 0 amide bonds. The second kappa shape index (κ2) is 6.17. The van der Waals surface area contributed by atoms with Gasteiger partial charge in [-0.2, -0.15) is 5.26 Å². The molecule has 1 aromatic rings. The molecule has 0 heterocycles. The van der Waals surface area contributed by atoms with Crippen molar-refractivity contribution in [1.29, 1.82) is 5.26 Å². The highest BCUT2D eigenvalue weighted by atomic mass is 16.5. The van der Waals surface area contributed by atoms with Gasteiger partial charge in [-0.1, -0.05) is 26.0 Å². The Hall–Kier alpha value is -1.49. The minimum Gasteiger partial charge on any atom is -0.496 e.